The number of sulfone groups is 1. The Morgan fingerprint density at radius 2 is 2.04 bits per heavy atom. The van der Waals surface area contributed by atoms with Crippen LogP contribution in [0.25, 0.3) is 0 Å². The fraction of sp³-hybridized carbons (Fsp3) is 0.588. The monoisotopic (exact) mass is 390 g/mol. The topological polar surface area (TPSA) is 66.9 Å². The van der Waals surface area contributed by atoms with Gasteiger partial charge in [-0.05, 0) is 51.7 Å². The molecule has 1 aliphatic heterocycles. The van der Waals surface area contributed by atoms with Gasteiger partial charge in [0.25, 0.3) is 5.91 Å². The number of nitrogens with zero attached hydrogens (tertiary/aromatic N) is 2. The van der Waals surface area contributed by atoms with Crippen molar-refractivity contribution >= 4 is 15.7 Å². The van der Waals surface area contributed by atoms with Crippen molar-refractivity contribution in [3.8, 4) is 5.75 Å². The van der Waals surface area contributed by atoms with Crippen LogP contribution in [0.3, 0.4) is 0 Å². The van der Waals surface area contributed by atoms with Crippen molar-refractivity contribution in [2.75, 3.05) is 38.7 Å². The van der Waals surface area contributed by atoms with Crippen LogP contribution in [0.1, 0.15) is 23.2 Å². The summed E-state index contributed by atoms with van der Waals surface area (Å²) in [5.41, 5.74) is 0.206. The molecule has 1 heterocycles. The first kappa shape index (κ1) is 20.6. The number of halogens is 2. The second-order valence-electron chi connectivity index (χ2n) is 6.62. The van der Waals surface area contributed by atoms with Gasteiger partial charge in [-0.1, -0.05) is 6.07 Å². The van der Waals surface area contributed by atoms with Crippen LogP contribution in [0.15, 0.2) is 24.3 Å². The van der Waals surface area contributed by atoms with Crippen LogP contribution >= 0.6 is 0 Å². The first-order valence-electron chi connectivity index (χ1n) is 8.39. The molecule has 146 valence electrons. The zero-order chi connectivity index (χ0) is 19.3. The highest BCUT2D eigenvalue weighted by Gasteiger charge is 2.34. The van der Waals surface area contributed by atoms with E-state index in [0.717, 1.165) is 6.54 Å². The highest BCUT2D eigenvalue weighted by Crippen LogP contribution is 2.22. The number of alkyl halides is 2. The molecule has 0 spiro atoms. The minimum absolute atomic E-state index is 0.0592. The molecule has 1 aromatic carbocycles. The van der Waals surface area contributed by atoms with Gasteiger partial charge < -0.3 is 14.5 Å². The molecule has 0 saturated carbocycles. The van der Waals surface area contributed by atoms with Gasteiger partial charge in [0, 0.05) is 18.2 Å². The largest absolute Gasteiger partial charge is 0.435 e. The minimum Gasteiger partial charge on any atom is -0.435 e. The highest BCUT2D eigenvalue weighted by atomic mass is 32.2. The quantitative estimate of drug-likeness (QED) is 0.678. The van der Waals surface area contributed by atoms with Gasteiger partial charge in [0.15, 0.2) is 9.84 Å². The third-order valence-corrected chi connectivity index (χ3v) is 5.97. The summed E-state index contributed by atoms with van der Waals surface area (Å²) in [6.45, 7) is -1.83. The summed E-state index contributed by atoms with van der Waals surface area (Å²) < 4.78 is 52.8. The Morgan fingerprint density at radius 1 is 1.31 bits per heavy atom. The standard InChI is InChI=1S/C17H24F2N2O4S/c1-20(2)8-4-9-21(14-7-10-26(23,24)12-14)16(22)13-5-3-6-15(11-13)25-17(18)19/h3,5-6,11,14,17H,4,7-10,12H2,1-2H3. The fourth-order valence-electron chi connectivity index (χ4n) is 3.00. The van der Waals surface area contributed by atoms with E-state index in [0.29, 0.717) is 19.4 Å². The molecule has 2 rings (SSSR count). The second kappa shape index (κ2) is 8.77. The number of carbonyl (C=O) groups is 1. The average Bonchev–Trinajstić information content (AvgIpc) is 2.90. The summed E-state index contributed by atoms with van der Waals surface area (Å²) in [7, 11) is 0.678. The molecule has 1 aliphatic rings. The third kappa shape index (κ3) is 5.91. The molecule has 6 nitrogen and oxygen atoms in total. The predicted octanol–water partition coefficient (Wildman–Crippen LogP) is 1.87. The number of benzene rings is 1. The average molecular weight is 390 g/mol. The zero-order valence-corrected chi connectivity index (χ0v) is 15.7. The van der Waals surface area contributed by atoms with Crippen molar-refractivity contribution in [1.29, 1.82) is 0 Å². The van der Waals surface area contributed by atoms with E-state index in [1.54, 1.807) is 4.90 Å². The molecule has 9 heteroatoms. The number of amides is 1. The van der Waals surface area contributed by atoms with Crippen molar-refractivity contribution in [2.45, 2.75) is 25.5 Å². The van der Waals surface area contributed by atoms with E-state index in [1.165, 1.54) is 24.3 Å². The summed E-state index contributed by atoms with van der Waals surface area (Å²) in [6, 6.07) is 5.20. The van der Waals surface area contributed by atoms with Crippen LogP contribution in [0.5, 0.6) is 5.75 Å². The summed E-state index contributed by atoms with van der Waals surface area (Å²) in [6.07, 6.45) is 1.08. The van der Waals surface area contributed by atoms with Crippen LogP contribution in [0.4, 0.5) is 8.78 Å². The van der Waals surface area contributed by atoms with Crippen molar-refractivity contribution < 1.29 is 26.7 Å². The van der Waals surface area contributed by atoms with Gasteiger partial charge in [0.1, 0.15) is 5.75 Å². The Labute approximate surface area is 152 Å². The number of hydrogen-bond donors (Lipinski definition) is 0. The molecule has 1 atom stereocenters. The second-order valence-corrected chi connectivity index (χ2v) is 8.85. The molecule has 1 saturated heterocycles. The van der Waals surface area contributed by atoms with Crippen molar-refractivity contribution in [2.24, 2.45) is 0 Å². The van der Waals surface area contributed by atoms with Gasteiger partial charge in [0.2, 0.25) is 0 Å². The number of hydrogen-bond acceptors (Lipinski definition) is 5. The lowest BCUT2D eigenvalue weighted by atomic mass is 10.1. The van der Waals surface area contributed by atoms with Gasteiger partial charge in [-0.15, -0.1) is 0 Å². The molecule has 0 radical (unpaired) electrons. The number of carbonyl (C=O) groups excluding carboxylic acids is 1. The molecule has 1 amide bonds. The highest BCUT2D eigenvalue weighted by molar-refractivity contribution is 7.91. The van der Waals surface area contributed by atoms with E-state index in [2.05, 4.69) is 4.74 Å². The Hall–Kier alpha value is -1.74. The minimum atomic E-state index is -3.15. The Kier molecular flexibility index (Phi) is 6.94. The molecular weight excluding hydrogens is 366 g/mol. The Bertz CT molecular complexity index is 725. The lowest BCUT2D eigenvalue weighted by molar-refractivity contribution is -0.0499. The van der Waals surface area contributed by atoms with Gasteiger partial charge >= 0.3 is 6.61 Å². The normalized spacial score (nSPS) is 19.1. The van der Waals surface area contributed by atoms with E-state index in [1.807, 2.05) is 19.0 Å². The maximum atomic E-state index is 12.9. The lowest BCUT2D eigenvalue weighted by Crippen LogP contribution is -2.42. The SMILES string of the molecule is CN(C)CCCN(C(=O)c1cccc(OC(F)F)c1)C1CCS(=O)(=O)C1. The maximum Gasteiger partial charge on any atom is 0.387 e. The Morgan fingerprint density at radius 3 is 2.62 bits per heavy atom. The van der Waals surface area contributed by atoms with Gasteiger partial charge in [-0.25, -0.2) is 8.42 Å². The van der Waals surface area contributed by atoms with Crippen LogP contribution in [-0.4, -0.2) is 75.5 Å². The predicted molar refractivity (Wildman–Crippen MR) is 94.3 cm³/mol. The van der Waals surface area contributed by atoms with E-state index in [-0.39, 0.29) is 28.7 Å². The summed E-state index contributed by atoms with van der Waals surface area (Å²) in [5.74, 6) is -0.471. The first-order chi connectivity index (χ1) is 12.2. The number of ether oxygens (including phenoxy) is 1. The van der Waals surface area contributed by atoms with Gasteiger partial charge in [-0.2, -0.15) is 8.78 Å². The fourth-order valence-corrected chi connectivity index (χ4v) is 4.73. The Balaban J connectivity index is 2.19. The molecule has 0 bridgehead atoms. The van der Waals surface area contributed by atoms with Crippen LogP contribution in [0, 0.1) is 0 Å². The van der Waals surface area contributed by atoms with E-state index in [4.69, 9.17) is 0 Å². The lowest BCUT2D eigenvalue weighted by Gasteiger charge is -2.29. The summed E-state index contributed by atoms with van der Waals surface area (Å²) in [4.78, 5) is 16.5. The van der Waals surface area contributed by atoms with Gasteiger partial charge in [0.05, 0.1) is 11.5 Å². The molecule has 1 fully saturated rings. The summed E-state index contributed by atoms with van der Waals surface area (Å²) in [5, 5.41) is 0. The molecule has 1 unspecified atom stereocenters. The zero-order valence-electron chi connectivity index (χ0n) is 14.9. The molecule has 0 N–H and O–H groups in total. The van der Waals surface area contributed by atoms with Crippen LogP contribution in [-0.2, 0) is 9.84 Å². The van der Waals surface area contributed by atoms with Crippen molar-refractivity contribution in [1.82, 2.24) is 9.80 Å². The molecule has 1 aromatic rings. The van der Waals surface area contributed by atoms with E-state index >= 15 is 0 Å². The van der Waals surface area contributed by atoms with E-state index < -0.39 is 22.5 Å². The first-order valence-corrected chi connectivity index (χ1v) is 10.2. The third-order valence-electron chi connectivity index (χ3n) is 4.22. The van der Waals surface area contributed by atoms with E-state index in [9.17, 15) is 22.0 Å². The van der Waals surface area contributed by atoms with Crippen LogP contribution in [0.2, 0.25) is 0 Å². The van der Waals surface area contributed by atoms with Crippen molar-refractivity contribution in [3.05, 3.63) is 29.8 Å². The summed E-state index contributed by atoms with van der Waals surface area (Å²) >= 11 is 0. The van der Waals surface area contributed by atoms with Crippen molar-refractivity contribution in [3.63, 3.8) is 0 Å². The van der Waals surface area contributed by atoms with Gasteiger partial charge in [-0.3, -0.25) is 4.79 Å². The van der Waals surface area contributed by atoms with Crippen LogP contribution < -0.4 is 4.74 Å². The number of rotatable bonds is 8. The molecule has 0 aliphatic carbocycles. The maximum absolute atomic E-state index is 12.9. The molecular formula is C17H24F2N2O4S. The molecule has 0 aromatic heterocycles. The smallest absolute Gasteiger partial charge is 0.387 e. The molecule has 26 heavy (non-hydrogen) atoms.